The van der Waals surface area contributed by atoms with Crippen LogP contribution in [0.4, 0.5) is 0 Å². The molecule has 0 aliphatic heterocycles. The fourth-order valence-corrected chi connectivity index (χ4v) is 7.44. The summed E-state index contributed by atoms with van der Waals surface area (Å²) in [6, 6.07) is 63.4. The van der Waals surface area contributed by atoms with E-state index in [1.54, 1.807) is 0 Å². The molecule has 0 aliphatic rings. The van der Waals surface area contributed by atoms with Gasteiger partial charge in [0.15, 0.2) is 17.5 Å². The number of benzene rings is 8. The van der Waals surface area contributed by atoms with Crippen LogP contribution in [0.5, 0.6) is 0 Å². The van der Waals surface area contributed by atoms with E-state index < -0.39 is 0 Å². The predicted molar refractivity (Wildman–Crippen MR) is 222 cm³/mol. The topological polar surface area (TPSA) is 51.8 Å². The number of rotatable bonds is 6. The molecule has 0 aliphatic carbocycles. The maximum atomic E-state index is 6.56. The van der Waals surface area contributed by atoms with Gasteiger partial charge >= 0.3 is 0 Å². The summed E-state index contributed by atoms with van der Waals surface area (Å²) in [7, 11) is 0. The second kappa shape index (κ2) is 13.1. The molecule has 0 N–H and O–H groups in total. The maximum absolute atomic E-state index is 6.56. The van der Waals surface area contributed by atoms with E-state index in [2.05, 4.69) is 177 Å². The Labute approximate surface area is 313 Å². The highest BCUT2D eigenvalue weighted by Gasteiger charge is 2.18. The van der Waals surface area contributed by atoms with E-state index in [9.17, 15) is 0 Å². The van der Waals surface area contributed by atoms with Crippen LogP contribution in [0.15, 0.2) is 186 Å². The summed E-state index contributed by atoms with van der Waals surface area (Å²) >= 11 is 0. The first kappa shape index (κ1) is 31.6. The van der Waals surface area contributed by atoms with E-state index in [4.69, 9.17) is 19.4 Å². The summed E-state index contributed by atoms with van der Waals surface area (Å²) in [5.74, 6) is 1.82. The van der Waals surface area contributed by atoms with Gasteiger partial charge in [-0.3, -0.25) is 0 Å². The summed E-state index contributed by atoms with van der Waals surface area (Å²) < 4.78 is 6.56. The third-order valence-corrected chi connectivity index (χ3v) is 10.2. The molecular formula is C50H33N3O. The average molecular weight is 692 g/mol. The lowest BCUT2D eigenvalue weighted by Crippen LogP contribution is -2.00. The fourth-order valence-electron chi connectivity index (χ4n) is 7.44. The number of hydrogen-bond acceptors (Lipinski definition) is 4. The quantitative estimate of drug-likeness (QED) is 0.174. The van der Waals surface area contributed by atoms with Crippen LogP contribution in [0.3, 0.4) is 0 Å². The summed E-state index contributed by atoms with van der Waals surface area (Å²) in [6.45, 7) is 2.10. The van der Waals surface area contributed by atoms with Gasteiger partial charge in [0, 0.05) is 27.5 Å². The average Bonchev–Trinajstić information content (AvgIpc) is 3.62. The molecule has 0 unspecified atom stereocenters. The Kier molecular flexibility index (Phi) is 7.66. The molecule has 0 saturated heterocycles. The van der Waals surface area contributed by atoms with Crippen LogP contribution in [-0.2, 0) is 0 Å². The third kappa shape index (κ3) is 5.71. The number of fused-ring (bicyclic) bond motifs is 4. The highest BCUT2D eigenvalue weighted by molar-refractivity contribution is 6.13. The highest BCUT2D eigenvalue weighted by atomic mass is 16.3. The Bertz CT molecular complexity index is 2980. The SMILES string of the molecule is Cc1ccc(-c2cccc(-c3nc(-c4ccc5c(c4)oc4cccc(-c6ccc(-c7ccccc7)cc6)c45)nc(-c4cccc5ccccc45)n3)c2)cc1. The van der Waals surface area contributed by atoms with Crippen molar-refractivity contribution in [1.82, 2.24) is 15.0 Å². The molecule has 54 heavy (non-hydrogen) atoms. The van der Waals surface area contributed by atoms with Crippen LogP contribution in [0.2, 0.25) is 0 Å². The van der Waals surface area contributed by atoms with Crippen molar-refractivity contribution in [2.24, 2.45) is 0 Å². The smallest absolute Gasteiger partial charge is 0.164 e. The summed E-state index contributed by atoms with van der Waals surface area (Å²) in [5, 5.41) is 4.36. The van der Waals surface area contributed by atoms with Crippen molar-refractivity contribution in [3.63, 3.8) is 0 Å². The first-order valence-corrected chi connectivity index (χ1v) is 18.2. The van der Waals surface area contributed by atoms with Crippen LogP contribution in [-0.4, -0.2) is 15.0 Å². The maximum Gasteiger partial charge on any atom is 0.164 e. The van der Waals surface area contributed by atoms with E-state index in [1.165, 1.54) is 16.7 Å². The van der Waals surface area contributed by atoms with Gasteiger partial charge in [-0.2, -0.15) is 0 Å². The van der Waals surface area contributed by atoms with Crippen molar-refractivity contribution in [2.75, 3.05) is 0 Å². The number of aryl methyl sites for hydroxylation is 1. The minimum atomic E-state index is 0.586. The van der Waals surface area contributed by atoms with Crippen LogP contribution < -0.4 is 0 Å². The Morgan fingerprint density at radius 1 is 0.352 bits per heavy atom. The van der Waals surface area contributed by atoms with E-state index in [0.717, 1.165) is 71.7 Å². The lowest BCUT2D eigenvalue weighted by atomic mass is 9.96. The number of nitrogens with zero attached hydrogens (tertiary/aromatic N) is 3. The van der Waals surface area contributed by atoms with Crippen molar-refractivity contribution in [3.8, 4) is 67.5 Å². The Balaban J connectivity index is 1.11. The van der Waals surface area contributed by atoms with E-state index in [0.29, 0.717) is 17.5 Å². The van der Waals surface area contributed by atoms with Crippen molar-refractivity contribution < 1.29 is 4.42 Å². The molecule has 8 aromatic carbocycles. The van der Waals surface area contributed by atoms with Gasteiger partial charge in [0.05, 0.1) is 0 Å². The lowest BCUT2D eigenvalue weighted by molar-refractivity contribution is 0.669. The molecule has 0 fully saturated rings. The fraction of sp³-hybridized carbons (Fsp3) is 0.0200. The molecule has 10 rings (SSSR count). The summed E-state index contributed by atoms with van der Waals surface area (Å²) in [5.41, 5.74) is 12.5. The predicted octanol–water partition coefficient (Wildman–Crippen LogP) is 13.2. The van der Waals surface area contributed by atoms with Gasteiger partial charge in [-0.25, -0.2) is 15.0 Å². The molecule has 0 spiro atoms. The van der Waals surface area contributed by atoms with Gasteiger partial charge in [-0.05, 0) is 75.3 Å². The molecule has 0 saturated carbocycles. The van der Waals surface area contributed by atoms with Crippen LogP contribution in [0.1, 0.15) is 5.56 Å². The minimum absolute atomic E-state index is 0.586. The van der Waals surface area contributed by atoms with Gasteiger partial charge in [-0.1, -0.05) is 163 Å². The molecule has 4 heteroatoms. The Morgan fingerprint density at radius 2 is 0.907 bits per heavy atom. The molecule has 0 amide bonds. The van der Waals surface area contributed by atoms with Gasteiger partial charge in [0.2, 0.25) is 0 Å². The highest BCUT2D eigenvalue weighted by Crippen LogP contribution is 2.39. The molecule has 4 nitrogen and oxygen atoms in total. The molecule has 10 aromatic rings. The molecule has 254 valence electrons. The van der Waals surface area contributed by atoms with Crippen molar-refractivity contribution in [2.45, 2.75) is 6.92 Å². The molecule has 0 bridgehead atoms. The monoisotopic (exact) mass is 691 g/mol. The second-order valence-corrected chi connectivity index (χ2v) is 13.7. The molecule has 2 heterocycles. The van der Waals surface area contributed by atoms with Crippen molar-refractivity contribution in [3.05, 3.63) is 188 Å². The normalized spacial score (nSPS) is 11.4. The lowest BCUT2D eigenvalue weighted by Gasteiger charge is -2.11. The zero-order valence-corrected chi connectivity index (χ0v) is 29.6. The zero-order valence-electron chi connectivity index (χ0n) is 29.6. The third-order valence-electron chi connectivity index (χ3n) is 10.2. The van der Waals surface area contributed by atoms with E-state index >= 15 is 0 Å². The zero-order chi connectivity index (χ0) is 36.0. The number of hydrogen-bond donors (Lipinski definition) is 0. The summed E-state index contributed by atoms with van der Waals surface area (Å²) in [4.78, 5) is 15.4. The Hall–Kier alpha value is -7.17. The summed E-state index contributed by atoms with van der Waals surface area (Å²) in [6.07, 6.45) is 0. The number of furan rings is 1. The number of aromatic nitrogens is 3. The Morgan fingerprint density at radius 3 is 1.74 bits per heavy atom. The van der Waals surface area contributed by atoms with E-state index in [-0.39, 0.29) is 0 Å². The molecule has 2 aromatic heterocycles. The van der Waals surface area contributed by atoms with Crippen LogP contribution >= 0.6 is 0 Å². The van der Waals surface area contributed by atoms with Crippen molar-refractivity contribution >= 4 is 32.7 Å². The molecule has 0 radical (unpaired) electrons. The van der Waals surface area contributed by atoms with Gasteiger partial charge in [0.25, 0.3) is 0 Å². The molecular weight excluding hydrogens is 659 g/mol. The van der Waals surface area contributed by atoms with Crippen LogP contribution in [0.25, 0.3) is 100 Å². The first-order valence-electron chi connectivity index (χ1n) is 18.2. The van der Waals surface area contributed by atoms with Crippen LogP contribution in [0, 0.1) is 6.92 Å². The second-order valence-electron chi connectivity index (χ2n) is 13.7. The standard InChI is InChI=1S/C50H33N3O/c1-32-20-22-35(23-21-32)38-14-7-15-39(30-38)48-51-49(53-50(52-48)43-18-8-13-36-12-5-6-16-41(36)43)40-28-29-44-46(31-40)54-45-19-9-17-42(47(44)45)37-26-24-34(25-27-37)33-10-3-2-4-11-33/h2-31H,1H3. The van der Waals surface area contributed by atoms with Gasteiger partial charge < -0.3 is 4.42 Å². The first-order chi connectivity index (χ1) is 26.6. The van der Waals surface area contributed by atoms with E-state index in [1.807, 2.05) is 12.1 Å². The van der Waals surface area contributed by atoms with Gasteiger partial charge in [-0.15, -0.1) is 0 Å². The largest absolute Gasteiger partial charge is 0.456 e. The minimum Gasteiger partial charge on any atom is -0.456 e. The molecule has 0 atom stereocenters. The van der Waals surface area contributed by atoms with Crippen molar-refractivity contribution in [1.29, 1.82) is 0 Å². The van der Waals surface area contributed by atoms with Gasteiger partial charge in [0.1, 0.15) is 11.2 Å².